The Balaban J connectivity index is 2.10. The van der Waals surface area contributed by atoms with Gasteiger partial charge in [-0.25, -0.2) is 4.39 Å². The van der Waals surface area contributed by atoms with Gasteiger partial charge in [0.05, 0.1) is 18.8 Å². The molecule has 0 saturated heterocycles. The average Bonchev–Trinajstić information content (AvgIpc) is 2.85. The Morgan fingerprint density at radius 2 is 2.11 bits per heavy atom. The Morgan fingerprint density at radius 1 is 1.26 bits per heavy atom. The van der Waals surface area contributed by atoms with Crippen molar-refractivity contribution in [3.8, 4) is 5.75 Å². The van der Waals surface area contributed by atoms with Gasteiger partial charge in [0.15, 0.2) is 0 Å². The van der Waals surface area contributed by atoms with Crippen molar-refractivity contribution < 1.29 is 9.13 Å². The Labute approximate surface area is 113 Å². The second kappa shape index (κ2) is 6.27. The minimum absolute atomic E-state index is 0.286. The summed E-state index contributed by atoms with van der Waals surface area (Å²) in [4.78, 5) is 0. The molecule has 0 atom stereocenters. The molecule has 0 saturated carbocycles. The summed E-state index contributed by atoms with van der Waals surface area (Å²) in [5.41, 5.74) is 2.00. The number of nitrogens with one attached hydrogen (secondary N) is 1. The standard InChI is InChI=1S/C15H19FN2O/c1-3-18-9-5-6-13(18)11-17-14-8-7-12(16)10-15(14)19-4-2/h5-10,17H,3-4,11H2,1-2H3. The molecule has 2 rings (SSSR count). The van der Waals surface area contributed by atoms with E-state index in [1.165, 1.54) is 17.8 Å². The second-order valence-corrected chi connectivity index (χ2v) is 4.21. The molecule has 3 nitrogen and oxygen atoms in total. The molecule has 2 aromatic rings. The van der Waals surface area contributed by atoms with E-state index in [1.54, 1.807) is 6.07 Å². The Hall–Kier alpha value is -1.97. The van der Waals surface area contributed by atoms with Gasteiger partial charge in [0.1, 0.15) is 11.6 Å². The van der Waals surface area contributed by atoms with Gasteiger partial charge in [-0.05, 0) is 38.1 Å². The minimum Gasteiger partial charge on any atom is -0.492 e. The molecule has 1 aromatic carbocycles. The van der Waals surface area contributed by atoms with Crippen LogP contribution in [0.3, 0.4) is 0 Å². The fourth-order valence-corrected chi connectivity index (χ4v) is 2.02. The zero-order chi connectivity index (χ0) is 13.7. The molecule has 0 aliphatic heterocycles. The molecule has 4 heteroatoms. The summed E-state index contributed by atoms with van der Waals surface area (Å²) in [6.45, 7) is 6.13. The van der Waals surface area contributed by atoms with E-state index in [4.69, 9.17) is 4.74 Å². The lowest BCUT2D eigenvalue weighted by molar-refractivity contribution is 0.339. The van der Waals surface area contributed by atoms with Crippen molar-refractivity contribution in [1.82, 2.24) is 4.57 Å². The highest BCUT2D eigenvalue weighted by molar-refractivity contribution is 5.56. The van der Waals surface area contributed by atoms with Crippen molar-refractivity contribution in [3.63, 3.8) is 0 Å². The lowest BCUT2D eigenvalue weighted by atomic mass is 10.2. The van der Waals surface area contributed by atoms with Crippen LogP contribution >= 0.6 is 0 Å². The third-order valence-electron chi connectivity index (χ3n) is 2.97. The second-order valence-electron chi connectivity index (χ2n) is 4.21. The van der Waals surface area contributed by atoms with Crippen LogP contribution in [-0.4, -0.2) is 11.2 Å². The van der Waals surface area contributed by atoms with E-state index in [9.17, 15) is 4.39 Å². The highest BCUT2D eigenvalue weighted by Crippen LogP contribution is 2.26. The van der Waals surface area contributed by atoms with Crippen LogP contribution in [0.4, 0.5) is 10.1 Å². The zero-order valence-corrected chi connectivity index (χ0v) is 11.3. The molecule has 19 heavy (non-hydrogen) atoms. The van der Waals surface area contributed by atoms with Crippen molar-refractivity contribution in [2.75, 3.05) is 11.9 Å². The normalized spacial score (nSPS) is 10.5. The Bertz CT molecular complexity index is 537. The summed E-state index contributed by atoms with van der Waals surface area (Å²) < 4.78 is 20.8. The number of aryl methyl sites for hydroxylation is 1. The van der Waals surface area contributed by atoms with Gasteiger partial charge < -0.3 is 14.6 Å². The molecule has 102 valence electrons. The SMILES string of the molecule is CCOc1cc(F)ccc1NCc1cccn1CC. The maximum Gasteiger partial charge on any atom is 0.145 e. The summed E-state index contributed by atoms with van der Waals surface area (Å²) in [5, 5.41) is 3.29. The molecule has 0 amide bonds. The molecular weight excluding hydrogens is 243 g/mol. The molecule has 0 unspecified atom stereocenters. The van der Waals surface area contributed by atoms with Crippen molar-refractivity contribution in [1.29, 1.82) is 0 Å². The number of hydrogen-bond acceptors (Lipinski definition) is 2. The molecule has 0 spiro atoms. The first-order valence-electron chi connectivity index (χ1n) is 6.54. The third-order valence-corrected chi connectivity index (χ3v) is 2.97. The summed E-state index contributed by atoms with van der Waals surface area (Å²) in [7, 11) is 0. The van der Waals surface area contributed by atoms with E-state index >= 15 is 0 Å². The number of aromatic nitrogens is 1. The van der Waals surface area contributed by atoms with E-state index < -0.39 is 0 Å². The molecule has 0 fully saturated rings. The number of hydrogen-bond donors (Lipinski definition) is 1. The van der Waals surface area contributed by atoms with Gasteiger partial charge in [0, 0.05) is 24.5 Å². The lowest BCUT2D eigenvalue weighted by Gasteiger charge is -2.13. The predicted octanol–water partition coefficient (Wildman–Crippen LogP) is 3.66. The smallest absolute Gasteiger partial charge is 0.145 e. The predicted molar refractivity (Wildman–Crippen MR) is 75.0 cm³/mol. The van der Waals surface area contributed by atoms with E-state index in [0.717, 1.165) is 12.2 Å². The first-order valence-corrected chi connectivity index (χ1v) is 6.54. The topological polar surface area (TPSA) is 26.2 Å². The van der Waals surface area contributed by atoms with Crippen LogP contribution in [0.2, 0.25) is 0 Å². The largest absolute Gasteiger partial charge is 0.492 e. The molecule has 1 N–H and O–H groups in total. The summed E-state index contributed by atoms with van der Waals surface area (Å²) in [6.07, 6.45) is 2.05. The molecular formula is C15H19FN2O. The summed E-state index contributed by atoms with van der Waals surface area (Å²) >= 11 is 0. The third kappa shape index (κ3) is 3.28. The van der Waals surface area contributed by atoms with Gasteiger partial charge in [-0.1, -0.05) is 0 Å². The number of nitrogens with zero attached hydrogens (tertiary/aromatic N) is 1. The van der Waals surface area contributed by atoms with Crippen molar-refractivity contribution >= 4 is 5.69 Å². The number of anilines is 1. The molecule has 1 heterocycles. The fraction of sp³-hybridized carbons (Fsp3) is 0.333. The zero-order valence-electron chi connectivity index (χ0n) is 11.3. The lowest BCUT2D eigenvalue weighted by Crippen LogP contribution is -2.07. The summed E-state index contributed by atoms with van der Waals surface area (Å²) in [6, 6.07) is 8.64. The van der Waals surface area contributed by atoms with Gasteiger partial charge in [0.25, 0.3) is 0 Å². The molecule has 0 aliphatic rings. The average molecular weight is 262 g/mol. The van der Waals surface area contributed by atoms with Crippen LogP contribution < -0.4 is 10.1 Å². The Morgan fingerprint density at radius 3 is 2.84 bits per heavy atom. The number of rotatable bonds is 6. The maximum absolute atomic E-state index is 13.2. The first-order chi connectivity index (χ1) is 9.24. The molecule has 0 bridgehead atoms. The monoisotopic (exact) mass is 262 g/mol. The van der Waals surface area contributed by atoms with Crippen LogP contribution in [0.5, 0.6) is 5.75 Å². The highest BCUT2D eigenvalue weighted by atomic mass is 19.1. The molecule has 0 aliphatic carbocycles. The van der Waals surface area contributed by atoms with Gasteiger partial charge in [-0.3, -0.25) is 0 Å². The quantitative estimate of drug-likeness (QED) is 0.860. The number of benzene rings is 1. The van der Waals surface area contributed by atoms with Crippen LogP contribution in [0, 0.1) is 5.82 Å². The van der Waals surface area contributed by atoms with Crippen molar-refractivity contribution in [2.24, 2.45) is 0 Å². The van der Waals surface area contributed by atoms with E-state index in [0.29, 0.717) is 18.9 Å². The minimum atomic E-state index is -0.286. The van der Waals surface area contributed by atoms with Crippen LogP contribution in [0.1, 0.15) is 19.5 Å². The van der Waals surface area contributed by atoms with Gasteiger partial charge in [-0.2, -0.15) is 0 Å². The molecule has 0 radical (unpaired) electrons. The Kier molecular flexibility index (Phi) is 4.44. The molecule has 1 aromatic heterocycles. The van der Waals surface area contributed by atoms with E-state index in [1.807, 2.05) is 19.2 Å². The van der Waals surface area contributed by atoms with Gasteiger partial charge in [-0.15, -0.1) is 0 Å². The van der Waals surface area contributed by atoms with Crippen LogP contribution in [0.15, 0.2) is 36.5 Å². The van der Waals surface area contributed by atoms with Crippen molar-refractivity contribution in [3.05, 3.63) is 48.0 Å². The summed E-state index contributed by atoms with van der Waals surface area (Å²) in [5.74, 6) is 0.267. The number of halogens is 1. The van der Waals surface area contributed by atoms with E-state index in [2.05, 4.69) is 22.9 Å². The van der Waals surface area contributed by atoms with Crippen LogP contribution in [-0.2, 0) is 13.1 Å². The van der Waals surface area contributed by atoms with Crippen molar-refractivity contribution in [2.45, 2.75) is 26.9 Å². The van der Waals surface area contributed by atoms with Crippen LogP contribution in [0.25, 0.3) is 0 Å². The number of ether oxygens (including phenoxy) is 1. The highest BCUT2D eigenvalue weighted by Gasteiger charge is 2.06. The maximum atomic E-state index is 13.2. The van der Waals surface area contributed by atoms with Gasteiger partial charge in [0.2, 0.25) is 0 Å². The first kappa shape index (κ1) is 13.5. The fourth-order valence-electron chi connectivity index (χ4n) is 2.02. The van der Waals surface area contributed by atoms with E-state index in [-0.39, 0.29) is 5.82 Å². The van der Waals surface area contributed by atoms with Gasteiger partial charge >= 0.3 is 0 Å².